The zero-order valence-electron chi connectivity index (χ0n) is 15.6. The largest absolute Gasteiger partial charge is 0.495 e. The van der Waals surface area contributed by atoms with Gasteiger partial charge >= 0.3 is 0 Å². The fourth-order valence-corrected chi connectivity index (χ4v) is 3.99. The maximum absolute atomic E-state index is 12.7. The van der Waals surface area contributed by atoms with E-state index in [0.717, 1.165) is 22.0 Å². The van der Waals surface area contributed by atoms with E-state index < -0.39 is 10.0 Å². The summed E-state index contributed by atoms with van der Waals surface area (Å²) in [6.07, 6.45) is 0.835. The number of anilines is 2. The van der Waals surface area contributed by atoms with Gasteiger partial charge in [0.15, 0.2) is 0 Å². The van der Waals surface area contributed by atoms with Crippen LogP contribution in [0.3, 0.4) is 0 Å². The lowest BCUT2D eigenvalue weighted by atomic mass is 10.2. The fourth-order valence-electron chi connectivity index (χ4n) is 3.06. The van der Waals surface area contributed by atoms with Gasteiger partial charge in [-0.2, -0.15) is 0 Å². The zero-order valence-corrected chi connectivity index (χ0v) is 16.4. The summed E-state index contributed by atoms with van der Waals surface area (Å²) in [5.41, 5.74) is 2.55. The molecular formula is C19H23N3O4S. The lowest BCUT2D eigenvalue weighted by molar-refractivity contribution is -0.116. The standard InChI is InChI=1S/C19H23N3O4S/c1-21(2)27(24,25)15-8-9-18(26-3)16(12-15)20-13-19(23)22-11-10-14-6-4-5-7-17(14)22/h4-9,12,20H,10-11,13H2,1-3H3. The highest BCUT2D eigenvalue weighted by Gasteiger charge is 2.24. The second kappa shape index (κ2) is 7.58. The van der Waals surface area contributed by atoms with E-state index in [1.165, 1.54) is 33.3 Å². The quantitative estimate of drug-likeness (QED) is 0.817. The van der Waals surface area contributed by atoms with E-state index in [0.29, 0.717) is 18.0 Å². The first-order valence-electron chi connectivity index (χ1n) is 8.57. The Kier molecular flexibility index (Phi) is 5.38. The van der Waals surface area contributed by atoms with Crippen LogP contribution in [0.2, 0.25) is 0 Å². The van der Waals surface area contributed by atoms with Gasteiger partial charge in [0.2, 0.25) is 15.9 Å². The van der Waals surface area contributed by atoms with E-state index in [1.54, 1.807) is 11.0 Å². The molecule has 0 radical (unpaired) electrons. The molecule has 7 nitrogen and oxygen atoms in total. The number of rotatable bonds is 6. The van der Waals surface area contributed by atoms with E-state index in [-0.39, 0.29) is 17.3 Å². The van der Waals surface area contributed by atoms with Crippen molar-refractivity contribution < 1.29 is 17.9 Å². The Morgan fingerprint density at radius 2 is 1.96 bits per heavy atom. The van der Waals surface area contributed by atoms with Crippen LogP contribution < -0.4 is 15.0 Å². The average Bonchev–Trinajstić information content (AvgIpc) is 3.10. The van der Waals surface area contributed by atoms with Crippen LogP contribution in [0.1, 0.15) is 5.56 Å². The number of ether oxygens (including phenoxy) is 1. The Morgan fingerprint density at radius 1 is 1.22 bits per heavy atom. The van der Waals surface area contributed by atoms with Crippen molar-refractivity contribution in [3.8, 4) is 5.75 Å². The normalized spacial score (nSPS) is 13.6. The van der Waals surface area contributed by atoms with E-state index >= 15 is 0 Å². The molecule has 0 spiro atoms. The molecule has 1 heterocycles. The summed E-state index contributed by atoms with van der Waals surface area (Å²) < 4.78 is 31.1. The summed E-state index contributed by atoms with van der Waals surface area (Å²) >= 11 is 0. The van der Waals surface area contributed by atoms with Crippen LogP contribution in [0.5, 0.6) is 5.75 Å². The van der Waals surface area contributed by atoms with Crippen molar-refractivity contribution in [1.29, 1.82) is 0 Å². The molecule has 1 aliphatic rings. The lowest BCUT2D eigenvalue weighted by Gasteiger charge is -2.19. The summed E-state index contributed by atoms with van der Waals surface area (Å²) in [5, 5.41) is 3.02. The average molecular weight is 389 g/mol. The van der Waals surface area contributed by atoms with Crippen LogP contribution in [0.4, 0.5) is 11.4 Å². The van der Waals surface area contributed by atoms with Gasteiger partial charge in [-0.25, -0.2) is 12.7 Å². The number of methoxy groups -OCH3 is 1. The summed E-state index contributed by atoms with van der Waals surface area (Å²) in [4.78, 5) is 14.5. The minimum Gasteiger partial charge on any atom is -0.495 e. The van der Waals surface area contributed by atoms with Crippen molar-refractivity contribution in [3.05, 3.63) is 48.0 Å². The van der Waals surface area contributed by atoms with Crippen LogP contribution in [-0.2, 0) is 21.2 Å². The first kappa shape index (κ1) is 19.2. The molecule has 2 aromatic rings. The Hall–Kier alpha value is -2.58. The minimum absolute atomic E-state index is 0.0379. The SMILES string of the molecule is COc1ccc(S(=O)(=O)N(C)C)cc1NCC(=O)N1CCc2ccccc21. The molecule has 1 N–H and O–H groups in total. The number of hydrogen-bond acceptors (Lipinski definition) is 5. The van der Waals surface area contributed by atoms with Crippen molar-refractivity contribution in [3.63, 3.8) is 0 Å². The first-order valence-corrected chi connectivity index (χ1v) is 10.0. The molecule has 0 atom stereocenters. The van der Waals surface area contributed by atoms with Crippen LogP contribution in [0, 0.1) is 0 Å². The molecule has 144 valence electrons. The molecule has 1 amide bonds. The van der Waals surface area contributed by atoms with Gasteiger partial charge in [-0.1, -0.05) is 18.2 Å². The van der Waals surface area contributed by atoms with Gasteiger partial charge in [0, 0.05) is 26.3 Å². The first-order chi connectivity index (χ1) is 12.8. The Morgan fingerprint density at radius 3 is 2.67 bits per heavy atom. The minimum atomic E-state index is -3.58. The van der Waals surface area contributed by atoms with Crippen LogP contribution >= 0.6 is 0 Å². The van der Waals surface area contributed by atoms with Crippen LogP contribution in [0.15, 0.2) is 47.4 Å². The van der Waals surface area contributed by atoms with Gasteiger partial charge in [-0.3, -0.25) is 4.79 Å². The van der Waals surface area contributed by atoms with Gasteiger partial charge in [-0.15, -0.1) is 0 Å². The third kappa shape index (κ3) is 3.77. The molecule has 2 aromatic carbocycles. The van der Waals surface area contributed by atoms with Crippen molar-refractivity contribution in [1.82, 2.24) is 4.31 Å². The van der Waals surface area contributed by atoms with E-state index in [1.807, 2.05) is 24.3 Å². The third-order valence-electron chi connectivity index (χ3n) is 4.57. The van der Waals surface area contributed by atoms with Crippen molar-refractivity contribution in [2.24, 2.45) is 0 Å². The zero-order chi connectivity index (χ0) is 19.6. The van der Waals surface area contributed by atoms with E-state index in [2.05, 4.69) is 5.32 Å². The monoisotopic (exact) mass is 389 g/mol. The molecule has 0 aromatic heterocycles. The number of carbonyl (C=O) groups is 1. The molecule has 0 saturated heterocycles. The Bertz CT molecular complexity index is 957. The summed E-state index contributed by atoms with van der Waals surface area (Å²) in [6.45, 7) is 0.683. The van der Waals surface area contributed by atoms with Crippen molar-refractivity contribution in [2.45, 2.75) is 11.3 Å². The highest BCUT2D eigenvalue weighted by atomic mass is 32.2. The number of para-hydroxylation sites is 1. The molecule has 0 aliphatic carbocycles. The van der Waals surface area contributed by atoms with Gasteiger partial charge in [0.25, 0.3) is 0 Å². The molecule has 0 unspecified atom stereocenters. The van der Waals surface area contributed by atoms with E-state index in [4.69, 9.17) is 4.74 Å². The van der Waals surface area contributed by atoms with Crippen molar-refractivity contribution in [2.75, 3.05) is 44.5 Å². The number of nitrogens with zero attached hydrogens (tertiary/aromatic N) is 2. The summed E-state index contributed by atoms with van der Waals surface area (Å²) in [5.74, 6) is 0.394. The number of carbonyl (C=O) groups excluding carboxylic acids is 1. The number of sulfonamides is 1. The number of fused-ring (bicyclic) bond motifs is 1. The molecule has 0 saturated carbocycles. The smallest absolute Gasteiger partial charge is 0.246 e. The molecule has 8 heteroatoms. The second-order valence-electron chi connectivity index (χ2n) is 6.43. The Labute approximate surface area is 159 Å². The van der Waals surface area contributed by atoms with Crippen molar-refractivity contribution >= 4 is 27.3 Å². The van der Waals surface area contributed by atoms with Crippen LogP contribution in [-0.4, -0.2) is 52.9 Å². The van der Waals surface area contributed by atoms with Gasteiger partial charge < -0.3 is 15.0 Å². The van der Waals surface area contributed by atoms with E-state index in [9.17, 15) is 13.2 Å². The predicted octanol–water partition coefficient (Wildman–Crippen LogP) is 1.95. The summed E-state index contributed by atoms with van der Waals surface area (Å²) in [6, 6.07) is 12.4. The highest BCUT2D eigenvalue weighted by molar-refractivity contribution is 7.89. The maximum atomic E-state index is 12.7. The van der Waals surface area contributed by atoms with Gasteiger partial charge in [-0.05, 0) is 36.2 Å². The molecule has 3 rings (SSSR count). The van der Waals surface area contributed by atoms with Crippen LogP contribution in [0.25, 0.3) is 0 Å². The maximum Gasteiger partial charge on any atom is 0.246 e. The molecule has 0 fully saturated rings. The second-order valence-corrected chi connectivity index (χ2v) is 8.58. The number of nitrogens with one attached hydrogen (secondary N) is 1. The molecule has 0 bridgehead atoms. The molecule has 1 aliphatic heterocycles. The van der Waals surface area contributed by atoms with Gasteiger partial charge in [0.05, 0.1) is 24.2 Å². The Balaban J connectivity index is 1.78. The third-order valence-corrected chi connectivity index (χ3v) is 6.38. The topological polar surface area (TPSA) is 79.0 Å². The number of amides is 1. The number of benzene rings is 2. The molecular weight excluding hydrogens is 366 g/mol. The molecule has 27 heavy (non-hydrogen) atoms. The van der Waals surface area contributed by atoms with Gasteiger partial charge in [0.1, 0.15) is 5.75 Å². The summed E-state index contributed by atoms with van der Waals surface area (Å²) in [7, 11) is 0.869. The fraction of sp³-hybridized carbons (Fsp3) is 0.316. The predicted molar refractivity (Wildman–Crippen MR) is 105 cm³/mol. The number of hydrogen-bond donors (Lipinski definition) is 1. The highest BCUT2D eigenvalue weighted by Crippen LogP contribution is 2.30. The lowest BCUT2D eigenvalue weighted by Crippen LogP contribution is -2.34.